The molecule has 2 aromatic heterocycles. The van der Waals surface area contributed by atoms with E-state index in [4.69, 9.17) is 5.73 Å². The monoisotopic (exact) mass is 326 g/mol. The zero-order chi connectivity index (χ0) is 16.4. The van der Waals surface area contributed by atoms with E-state index in [1.807, 2.05) is 12.1 Å². The third kappa shape index (κ3) is 2.84. The Morgan fingerprint density at radius 2 is 2.35 bits per heavy atom. The van der Waals surface area contributed by atoms with Crippen LogP contribution in [0.1, 0.15) is 10.5 Å². The number of aromatic nitrogens is 3. The van der Waals surface area contributed by atoms with Gasteiger partial charge in [0.05, 0.1) is 21.1 Å². The van der Waals surface area contributed by atoms with Crippen LogP contribution in [0.2, 0.25) is 0 Å². The molecule has 0 bridgehead atoms. The lowest BCUT2D eigenvalue weighted by molar-refractivity contribution is 0.0954. The molecule has 0 aliphatic rings. The summed E-state index contributed by atoms with van der Waals surface area (Å²) < 4.78 is 0.841. The smallest absolute Gasteiger partial charge is 0.272 e. The van der Waals surface area contributed by atoms with Crippen LogP contribution in [0.25, 0.3) is 21.1 Å². The van der Waals surface area contributed by atoms with Crippen LogP contribution in [0.4, 0.5) is 5.13 Å². The van der Waals surface area contributed by atoms with E-state index < -0.39 is 0 Å². The van der Waals surface area contributed by atoms with Gasteiger partial charge < -0.3 is 11.1 Å². The van der Waals surface area contributed by atoms with Crippen molar-refractivity contribution in [3.8, 4) is 0 Å². The number of hydrogen-bond donors (Lipinski definition) is 3. The summed E-state index contributed by atoms with van der Waals surface area (Å²) in [4.78, 5) is 20.2. The number of nitrogens with one attached hydrogen (secondary N) is 2. The minimum Gasteiger partial charge on any atom is -0.375 e. The quantitative estimate of drug-likeness (QED) is 0.493. The summed E-state index contributed by atoms with van der Waals surface area (Å²) >= 11 is 1.33. The maximum Gasteiger partial charge on any atom is 0.272 e. The van der Waals surface area contributed by atoms with E-state index in [1.54, 1.807) is 6.08 Å². The van der Waals surface area contributed by atoms with Gasteiger partial charge in [-0.15, -0.1) is 0 Å². The Morgan fingerprint density at radius 3 is 3.13 bits per heavy atom. The van der Waals surface area contributed by atoms with E-state index in [0.29, 0.717) is 22.9 Å². The number of thiazole rings is 1. The first kappa shape index (κ1) is 14.9. The number of nitrogen functional groups attached to an aromatic ring is 1. The van der Waals surface area contributed by atoms with Gasteiger partial charge in [0, 0.05) is 12.7 Å². The van der Waals surface area contributed by atoms with Crippen LogP contribution in [0, 0.1) is 0 Å². The number of H-pyrrole nitrogens is 1. The summed E-state index contributed by atoms with van der Waals surface area (Å²) in [5, 5.41) is 10.9. The number of amides is 1. The molecule has 23 heavy (non-hydrogen) atoms. The fourth-order valence-electron chi connectivity index (χ4n) is 2.17. The lowest BCUT2D eigenvalue weighted by Crippen LogP contribution is -2.25. The number of hydrogen-bond acceptors (Lipinski definition) is 6. The highest BCUT2D eigenvalue weighted by molar-refractivity contribution is 7.23. The number of anilines is 1. The average molecular weight is 326 g/mol. The van der Waals surface area contributed by atoms with Gasteiger partial charge in [-0.1, -0.05) is 17.9 Å². The standard InChI is InChI=1S/C15H14N6OS/c1-8(5-6-17-2)7-18-14(22)12-11-9(20-21-12)3-4-10-13(11)23-15(16)19-10/h3-6H,1-2,7H2,(H2,16,19)(H,18,22)(H,20,21)/b6-5-. The Balaban J connectivity index is 1.91. The number of rotatable bonds is 5. The molecular formula is C15H14N6OS. The minimum absolute atomic E-state index is 0.292. The number of carbonyl (C=O) groups excluding carboxylic acids is 1. The normalized spacial score (nSPS) is 11.3. The molecule has 0 unspecified atom stereocenters. The third-order valence-electron chi connectivity index (χ3n) is 3.21. The van der Waals surface area contributed by atoms with Crippen LogP contribution >= 0.6 is 11.3 Å². The molecule has 0 radical (unpaired) electrons. The molecule has 2 heterocycles. The van der Waals surface area contributed by atoms with Gasteiger partial charge in [0.25, 0.3) is 5.91 Å². The number of nitrogens with zero attached hydrogens (tertiary/aromatic N) is 3. The first-order valence-corrected chi connectivity index (χ1v) is 7.53. The summed E-state index contributed by atoms with van der Waals surface area (Å²) in [7, 11) is 0. The van der Waals surface area contributed by atoms with Crippen LogP contribution in [0.3, 0.4) is 0 Å². The maximum absolute atomic E-state index is 12.4. The van der Waals surface area contributed by atoms with Crippen molar-refractivity contribution in [1.82, 2.24) is 20.5 Å². The second-order valence-electron chi connectivity index (χ2n) is 4.80. The highest BCUT2D eigenvalue weighted by atomic mass is 32.1. The van der Waals surface area contributed by atoms with Crippen molar-refractivity contribution in [2.24, 2.45) is 4.99 Å². The Bertz CT molecular complexity index is 952. The second kappa shape index (κ2) is 6.01. The van der Waals surface area contributed by atoms with Crippen LogP contribution in [-0.2, 0) is 0 Å². The molecule has 1 amide bonds. The van der Waals surface area contributed by atoms with E-state index in [-0.39, 0.29) is 5.91 Å². The molecule has 0 saturated carbocycles. The van der Waals surface area contributed by atoms with E-state index in [2.05, 4.69) is 38.8 Å². The van der Waals surface area contributed by atoms with E-state index >= 15 is 0 Å². The lowest BCUT2D eigenvalue weighted by atomic mass is 10.2. The maximum atomic E-state index is 12.4. The Hall–Kier alpha value is -3.00. The number of nitrogens with two attached hydrogens (primary N) is 1. The Morgan fingerprint density at radius 1 is 1.52 bits per heavy atom. The van der Waals surface area contributed by atoms with Crippen LogP contribution < -0.4 is 11.1 Å². The first-order chi connectivity index (χ1) is 11.1. The molecule has 0 aliphatic heterocycles. The number of aromatic amines is 1. The van der Waals surface area contributed by atoms with Crippen molar-refractivity contribution in [3.05, 3.63) is 42.3 Å². The van der Waals surface area contributed by atoms with E-state index in [9.17, 15) is 4.79 Å². The van der Waals surface area contributed by atoms with Gasteiger partial charge in [-0.3, -0.25) is 14.9 Å². The van der Waals surface area contributed by atoms with Crippen molar-refractivity contribution in [2.75, 3.05) is 12.3 Å². The van der Waals surface area contributed by atoms with Crippen LogP contribution in [-0.4, -0.2) is 34.4 Å². The molecule has 7 nitrogen and oxygen atoms in total. The molecule has 1 aromatic carbocycles. The summed E-state index contributed by atoms with van der Waals surface area (Å²) in [6.45, 7) is 7.45. The Labute approximate surface area is 135 Å². The van der Waals surface area contributed by atoms with Crippen molar-refractivity contribution in [1.29, 1.82) is 0 Å². The third-order valence-corrected chi connectivity index (χ3v) is 4.12. The minimum atomic E-state index is -0.295. The van der Waals surface area contributed by atoms with Crippen molar-refractivity contribution in [3.63, 3.8) is 0 Å². The predicted molar refractivity (Wildman–Crippen MR) is 93.8 cm³/mol. The molecule has 4 N–H and O–H groups in total. The van der Waals surface area contributed by atoms with Gasteiger partial charge in [0.2, 0.25) is 0 Å². The predicted octanol–water partition coefficient (Wildman–Crippen LogP) is 2.26. The summed E-state index contributed by atoms with van der Waals surface area (Å²) in [6, 6.07) is 3.68. The van der Waals surface area contributed by atoms with Gasteiger partial charge in [-0.25, -0.2) is 4.98 Å². The van der Waals surface area contributed by atoms with Crippen molar-refractivity contribution < 1.29 is 4.79 Å². The lowest BCUT2D eigenvalue weighted by Gasteiger charge is -2.03. The van der Waals surface area contributed by atoms with E-state index in [1.165, 1.54) is 17.5 Å². The molecule has 0 spiro atoms. The van der Waals surface area contributed by atoms with Crippen LogP contribution in [0.15, 0.2) is 41.6 Å². The zero-order valence-corrected chi connectivity index (χ0v) is 13.0. The van der Waals surface area contributed by atoms with Gasteiger partial charge in [0.1, 0.15) is 0 Å². The molecule has 0 fully saturated rings. The van der Waals surface area contributed by atoms with Gasteiger partial charge in [-0.05, 0) is 30.5 Å². The number of aliphatic imine (C=N–C) groups is 1. The van der Waals surface area contributed by atoms with Crippen molar-refractivity contribution >= 4 is 50.2 Å². The molecule has 0 atom stereocenters. The van der Waals surface area contributed by atoms with Gasteiger partial charge >= 0.3 is 0 Å². The van der Waals surface area contributed by atoms with Crippen molar-refractivity contribution in [2.45, 2.75) is 0 Å². The average Bonchev–Trinajstić information content (AvgIpc) is 3.12. The second-order valence-corrected chi connectivity index (χ2v) is 5.83. The number of carbonyl (C=O) groups is 1. The summed E-state index contributed by atoms with van der Waals surface area (Å²) in [5.41, 5.74) is 8.30. The van der Waals surface area contributed by atoms with E-state index in [0.717, 1.165) is 21.1 Å². The zero-order valence-electron chi connectivity index (χ0n) is 12.2. The van der Waals surface area contributed by atoms with Gasteiger partial charge in [-0.2, -0.15) is 5.10 Å². The Kier molecular flexibility index (Phi) is 3.90. The highest BCUT2D eigenvalue weighted by Crippen LogP contribution is 2.32. The molecule has 3 rings (SSSR count). The fourth-order valence-corrected chi connectivity index (χ4v) is 3.05. The SMILES string of the molecule is C=N/C=C\C(=C)CNC(=O)c1n[nH]c2ccc3nc(N)sc3c12. The van der Waals surface area contributed by atoms with Gasteiger partial charge in [0.15, 0.2) is 10.8 Å². The number of benzene rings is 1. The summed E-state index contributed by atoms with van der Waals surface area (Å²) in [6.07, 6.45) is 3.19. The van der Waals surface area contributed by atoms with Crippen LogP contribution in [0.5, 0.6) is 0 Å². The summed E-state index contributed by atoms with van der Waals surface area (Å²) in [5.74, 6) is -0.295. The largest absolute Gasteiger partial charge is 0.375 e. The molecule has 3 aromatic rings. The molecule has 0 saturated heterocycles. The molecule has 0 aliphatic carbocycles. The molecule has 8 heteroatoms. The first-order valence-electron chi connectivity index (χ1n) is 6.71. The topological polar surface area (TPSA) is 109 Å². The highest BCUT2D eigenvalue weighted by Gasteiger charge is 2.18. The fraction of sp³-hybridized carbons (Fsp3) is 0.0667. The number of fused-ring (bicyclic) bond motifs is 3. The molecular weight excluding hydrogens is 312 g/mol. The molecule has 116 valence electrons.